The lowest BCUT2D eigenvalue weighted by molar-refractivity contribution is -0.135. The van der Waals surface area contributed by atoms with E-state index < -0.39 is 5.41 Å². The second-order valence-electron chi connectivity index (χ2n) is 5.92. The Morgan fingerprint density at radius 2 is 2.26 bits per heavy atom. The number of carbonyl (C=O) groups excluding carboxylic acids is 1. The molecule has 0 bridgehead atoms. The maximum absolute atomic E-state index is 12.4. The molecule has 2 rings (SSSR count). The van der Waals surface area contributed by atoms with Crippen molar-refractivity contribution in [3.63, 3.8) is 0 Å². The van der Waals surface area contributed by atoms with Gasteiger partial charge in [-0.3, -0.25) is 4.79 Å². The highest BCUT2D eigenvalue weighted by Gasteiger charge is 2.49. The van der Waals surface area contributed by atoms with Gasteiger partial charge in [0.05, 0.1) is 12.1 Å². The number of carbonyl (C=O) groups is 1. The molecule has 0 saturated heterocycles. The van der Waals surface area contributed by atoms with Gasteiger partial charge in [-0.25, -0.2) is 0 Å². The molecule has 1 aliphatic carbocycles. The first-order valence-electron chi connectivity index (χ1n) is 6.74. The summed E-state index contributed by atoms with van der Waals surface area (Å²) in [4.78, 5) is 13.6. The van der Waals surface area contributed by atoms with E-state index in [0.29, 0.717) is 24.7 Å². The number of nitriles is 1. The Kier molecular flexibility index (Phi) is 3.96. The van der Waals surface area contributed by atoms with Crippen molar-refractivity contribution in [3.05, 3.63) is 22.4 Å². The van der Waals surface area contributed by atoms with Crippen LogP contribution in [0.2, 0.25) is 0 Å². The number of hydrogen-bond donors (Lipinski definition) is 1. The third kappa shape index (κ3) is 2.66. The summed E-state index contributed by atoms with van der Waals surface area (Å²) in [5.41, 5.74) is -0.788. The average molecular weight is 276 g/mol. The first-order valence-corrected chi connectivity index (χ1v) is 7.62. The van der Waals surface area contributed by atoms with Crippen molar-refractivity contribution >= 4 is 17.2 Å². The standard InChI is InChI=1S/C15H20N2OS/c1-10(2)13(12-5-4-6-19-12)17-14(18)15(9-16)7-11(3)8-15/h4-6,10-11,13H,7-8H2,1-3H3,(H,17,18). The molecule has 1 aromatic heterocycles. The quantitative estimate of drug-likeness (QED) is 0.915. The van der Waals surface area contributed by atoms with Crippen molar-refractivity contribution in [3.8, 4) is 6.07 Å². The van der Waals surface area contributed by atoms with Gasteiger partial charge in [-0.2, -0.15) is 5.26 Å². The number of amides is 1. The fraction of sp³-hybridized carbons (Fsp3) is 0.600. The third-order valence-electron chi connectivity index (χ3n) is 3.85. The van der Waals surface area contributed by atoms with Crippen LogP contribution in [0.1, 0.15) is 44.5 Å². The Morgan fingerprint density at radius 3 is 2.68 bits per heavy atom. The van der Waals surface area contributed by atoms with Gasteiger partial charge in [-0.1, -0.05) is 26.8 Å². The van der Waals surface area contributed by atoms with Crippen molar-refractivity contribution in [2.75, 3.05) is 0 Å². The second kappa shape index (κ2) is 5.34. The molecule has 1 aromatic rings. The van der Waals surface area contributed by atoms with Crippen LogP contribution in [0, 0.1) is 28.6 Å². The maximum atomic E-state index is 12.4. The summed E-state index contributed by atoms with van der Waals surface area (Å²) in [6.07, 6.45) is 1.37. The smallest absolute Gasteiger partial charge is 0.241 e. The number of rotatable bonds is 4. The molecule has 1 aliphatic rings. The highest BCUT2D eigenvalue weighted by Crippen LogP contribution is 2.45. The van der Waals surface area contributed by atoms with E-state index in [4.69, 9.17) is 0 Å². The minimum atomic E-state index is -0.788. The third-order valence-corrected chi connectivity index (χ3v) is 4.80. The lowest BCUT2D eigenvalue weighted by atomic mass is 9.63. The van der Waals surface area contributed by atoms with Gasteiger partial charge < -0.3 is 5.32 Å². The average Bonchev–Trinajstić information content (AvgIpc) is 2.84. The highest BCUT2D eigenvalue weighted by atomic mass is 32.1. The first kappa shape index (κ1) is 14.1. The molecule has 1 unspecified atom stereocenters. The van der Waals surface area contributed by atoms with Crippen molar-refractivity contribution in [1.82, 2.24) is 5.32 Å². The van der Waals surface area contributed by atoms with Crippen LogP contribution in [-0.4, -0.2) is 5.91 Å². The maximum Gasteiger partial charge on any atom is 0.241 e. The van der Waals surface area contributed by atoms with Crippen molar-refractivity contribution in [2.24, 2.45) is 17.3 Å². The van der Waals surface area contributed by atoms with E-state index in [9.17, 15) is 10.1 Å². The zero-order chi connectivity index (χ0) is 14.0. The summed E-state index contributed by atoms with van der Waals surface area (Å²) in [6.45, 7) is 6.27. The highest BCUT2D eigenvalue weighted by molar-refractivity contribution is 7.10. The van der Waals surface area contributed by atoms with Crippen LogP contribution < -0.4 is 5.32 Å². The number of nitrogens with zero attached hydrogens (tertiary/aromatic N) is 1. The monoisotopic (exact) mass is 276 g/mol. The normalized spacial score (nSPS) is 27.4. The Balaban J connectivity index is 2.11. The Labute approximate surface area is 118 Å². The molecule has 1 atom stereocenters. The summed E-state index contributed by atoms with van der Waals surface area (Å²) in [5.74, 6) is 0.695. The number of nitrogens with one attached hydrogen (secondary N) is 1. The van der Waals surface area contributed by atoms with Crippen LogP contribution in [0.5, 0.6) is 0 Å². The molecular weight excluding hydrogens is 256 g/mol. The van der Waals surface area contributed by atoms with E-state index >= 15 is 0 Å². The molecular formula is C15H20N2OS. The Hall–Kier alpha value is -1.34. The topological polar surface area (TPSA) is 52.9 Å². The molecule has 1 heterocycles. The molecule has 0 aliphatic heterocycles. The van der Waals surface area contributed by atoms with E-state index in [0.717, 1.165) is 4.88 Å². The van der Waals surface area contributed by atoms with Crippen molar-refractivity contribution < 1.29 is 4.79 Å². The second-order valence-corrected chi connectivity index (χ2v) is 6.90. The predicted octanol–water partition coefficient (Wildman–Crippen LogP) is 3.50. The number of thiophene rings is 1. The molecule has 19 heavy (non-hydrogen) atoms. The van der Waals surface area contributed by atoms with E-state index in [1.165, 1.54) is 0 Å². The summed E-state index contributed by atoms with van der Waals surface area (Å²) in [5, 5.41) is 14.4. The summed E-state index contributed by atoms with van der Waals surface area (Å²) < 4.78 is 0. The minimum absolute atomic E-state index is 0.00799. The van der Waals surface area contributed by atoms with Gasteiger partial charge in [0.2, 0.25) is 5.91 Å². The fourth-order valence-electron chi connectivity index (χ4n) is 2.77. The van der Waals surface area contributed by atoms with Crippen LogP contribution >= 0.6 is 11.3 Å². The molecule has 102 valence electrons. The lowest BCUT2D eigenvalue weighted by Gasteiger charge is -2.40. The van der Waals surface area contributed by atoms with Gasteiger partial charge in [-0.15, -0.1) is 11.3 Å². The fourth-order valence-corrected chi connectivity index (χ4v) is 3.72. The van der Waals surface area contributed by atoms with E-state index in [1.54, 1.807) is 11.3 Å². The van der Waals surface area contributed by atoms with E-state index in [1.807, 2.05) is 17.5 Å². The summed E-state index contributed by atoms with van der Waals surface area (Å²) in [7, 11) is 0. The summed E-state index contributed by atoms with van der Waals surface area (Å²) in [6, 6.07) is 6.27. The van der Waals surface area contributed by atoms with Gasteiger partial charge in [0.1, 0.15) is 5.41 Å². The van der Waals surface area contributed by atoms with Crippen molar-refractivity contribution in [2.45, 2.75) is 39.7 Å². The molecule has 1 fully saturated rings. The van der Waals surface area contributed by atoms with Crippen LogP contribution in [0.15, 0.2) is 17.5 Å². The zero-order valence-corrected chi connectivity index (χ0v) is 12.5. The van der Waals surface area contributed by atoms with Gasteiger partial charge in [-0.05, 0) is 36.1 Å². The minimum Gasteiger partial charge on any atom is -0.347 e. The molecule has 1 amide bonds. The Bertz CT molecular complexity index is 481. The lowest BCUT2D eigenvalue weighted by Crippen LogP contribution is -2.49. The van der Waals surface area contributed by atoms with Crippen LogP contribution in [0.25, 0.3) is 0 Å². The molecule has 0 radical (unpaired) electrons. The zero-order valence-electron chi connectivity index (χ0n) is 11.6. The molecule has 0 aromatic carbocycles. The summed E-state index contributed by atoms with van der Waals surface area (Å²) >= 11 is 1.65. The molecule has 1 saturated carbocycles. The molecule has 3 nitrogen and oxygen atoms in total. The van der Waals surface area contributed by atoms with Gasteiger partial charge in [0.15, 0.2) is 0 Å². The van der Waals surface area contributed by atoms with Crippen LogP contribution in [-0.2, 0) is 4.79 Å². The van der Waals surface area contributed by atoms with Gasteiger partial charge in [0.25, 0.3) is 0 Å². The van der Waals surface area contributed by atoms with E-state index in [-0.39, 0.29) is 11.9 Å². The molecule has 4 heteroatoms. The number of hydrogen-bond acceptors (Lipinski definition) is 3. The largest absolute Gasteiger partial charge is 0.347 e. The van der Waals surface area contributed by atoms with Crippen LogP contribution in [0.4, 0.5) is 0 Å². The predicted molar refractivity (Wildman–Crippen MR) is 76.5 cm³/mol. The van der Waals surface area contributed by atoms with E-state index in [2.05, 4.69) is 32.2 Å². The van der Waals surface area contributed by atoms with Gasteiger partial charge in [0, 0.05) is 4.88 Å². The van der Waals surface area contributed by atoms with Crippen LogP contribution in [0.3, 0.4) is 0 Å². The van der Waals surface area contributed by atoms with Gasteiger partial charge >= 0.3 is 0 Å². The first-order chi connectivity index (χ1) is 8.98. The Morgan fingerprint density at radius 1 is 1.58 bits per heavy atom. The molecule has 0 spiro atoms. The molecule has 1 N–H and O–H groups in total. The van der Waals surface area contributed by atoms with Crippen molar-refractivity contribution in [1.29, 1.82) is 5.26 Å². The SMILES string of the molecule is CC1CC(C#N)(C(=O)NC(c2cccs2)C(C)C)C1.